The van der Waals surface area contributed by atoms with Crippen LogP contribution in [0.15, 0.2) is 18.2 Å². The molecule has 0 atom stereocenters. The van der Waals surface area contributed by atoms with Gasteiger partial charge >= 0.3 is 5.69 Å². The Morgan fingerprint density at radius 3 is 2.69 bits per heavy atom. The van der Waals surface area contributed by atoms with Gasteiger partial charge in [-0.2, -0.15) is 0 Å². The summed E-state index contributed by atoms with van der Waals surface area (Å²) < 4.78 is 15.2. The molecule has 5 nitrogen and oxygen atoms in total. The highest BCUT2D eigenvalue weighted by Crippen LogP contribution is 2.25. The van der Waals surface area contributed by atoms with Gasteiger partial charge in [-0.1, -0.05) is 0 Å². The SMILES string of the molecule is COc1cc(P=O)ccc1[N+](=O)[O-]. The molecule has 0 aliphatic heterocycles. The van der Waals surface area contributed by atoms with E-state index in [0.29, 0.717) is 5.30 Å². The van der Waals surface area contributed by atoms with Gasteiger partial charge in [0.05, 0.1) is 12.0 Å². The number of nitro benzene ring substituents is 1. The zero-order valence-corrected chi connectivity index (χ0v) is 7.65. The molecule has 13 heavy (non-hydrogen) atoms. The van der Waals surface area contributed by atoms with E-state index in [-0.39, 0.29) is 19.9 Å². The highest BCUT2D eigenvalue weighted by atomic mass is 31.1. The molecule has 1 rings (SSSR count). The first-order valence-corrected chi connectivity index (χ1v) is 4.16. The Balaban J connectivity index is 3.23. The van der Waals surface area contributed by atoms with Crippen molar-refractivity contribution in [3.63, 3.8) is 0 Å². The number of nitrogens with zero attached hydrogens (tertiary/aromatic N) is 1. The van der Waals surface area contributed by atoms with Crippen LogP contribution >= 0.6 is 8.46 Å². The third-order valence-electron chi connectivity index (χ3n) is 1.47. The maximum atomic E-state index is 10.4. The molecule has 0 aromatic heterocycles. The number of nitro groups is 1. The Morgan fingerprint density at radius 1 is 1.54 bits per heavy atom. The van der Waals surface area contributed by atoms with Crippen molar-refractivity contribution in [1.82, 2.24) is 0 Å². The lowest BCUT2D eigenvalue weighted by molar-refractivity contribution is -0.385. The maximum Gasteiger partial charge on any atom is 0.310 e. The second-order valence-corrected chi connectivity index (χ2v) is 2.90. The monoisotopic (exact) mass is 199 g/mol. The Labute approximate surface area is 75.7 Å². The van der Waals surface area contributed by atoms with E-state index in [0.717, 1.165) is 0 Å². The summed E-state index contributed by atoms with van der Waals surface area (Å²) in [5.41, 5.74) is -0.130. The van der Waals surface area contributed by atoms with Crippen LogP contribution in [-0.2, 0) is 4.57 Å². The van der Waals surface area contributed by atoms with Crippen LogP contribution in [0.4, 0.5) is 5.69 Å². The minimum Gasteiger partial charge on any atom is -0.490 e. The molecule has 0 fully saturated rings. The van der Waals surface area contributed by atoms with Gasteiger partial charge in [-0.3, -0.25) is 14.7 Å². The second kappa shape index (κ2) is 3.96. The van der Waals surface area contributed by atoms with Crippen LogP contribution in [0, 0.1) is 10.1 Å². The van der Waals surface area contributed by atoms with Gasteiger partial charge in [0.25, 0.3) is 0 Å². The Hall–Kier alpha value is -1.48. The van der Waals surface area contributed by atoms with Gasteiger partial charge in [0.2, 0.25) is 0 Å². The van der Waals surface area contributed by atoms with Gasteiger partial charge in [-0.15, -0.1) is 0 Å². The molecule has 0 aliphatic rings. The number of methoxy groups -OCH3 is 1. The summed E-state index contributed by atoms with van der Waals surface area (Å²) in [5.74, 6) is 0.117. The smallest absolute Gasteiger partial charge is 0.310 e. The third-order valence-corrected chi connectivity index (χ3v) is 1.95. The van der Waals surface area contributed by atoms with Gasteiger partial charge in [-0.05, 0) is 6.07 Å². The first kappa shape index (κ1) is 9.61. The standard InChI is InChI=1S/C7H6NO4P/c1-12-7-4-5(13-11)2-3-6(7)8(9)10/h2-4H,1H3. The molecule has 0 unspecified atom stereocenters. The van der Waals surface area contributed by atoms with E-state index in [9.17, 15) is 14.7 Å². The molecule has 6 heteroatoms. The first-order valence-electron chi connectivity index (χ1n) is 3.35. The molecule has 0 radical (unpaired) electrons. The number of ether oxygens (including phenoxy) is 1. The molecule has 0 spiro atoms. The predicted molar refractivity (Wildman–Crippen MR) is 46.9 cm³/mol. The molecule has 1 aromatic rings. The van der Waals surface area contributed by atoms with E-state index >= 15 is 0 Å². The summed E-state index contributed by atoms with van der Waals surface area (Å²) in [6.45, 7) is 0. The van der Waals surface area contributed by atoms with Crippen LogP contribution in [0.2, 0.25) is 0 Å². The molecule has 0 heterocycles. The summed E-state index contributed by atoms with van der Waals surface area (Å²) in [6.07, 6.45) is 0. The van der Waals surface area contributed by atoms with E-state index in [1.54, 1.807) is 0 Å². The maximum absolute atomic E-state index is 10.4. The van der Waals surface area contributed by atoms with Crippen molar-refractivity contribution < 1.29 is 14.2 Å². The normalized spacial score (nSPS) is 9.92. The van der Waals surface area contributed by atoms with E-state index in [1.807, 2.05) is 0 Å². The summed E-state index contributed by atoms with van der Waals surface area (Å²) in [5, 5.41) is 10.9. The van der Waals surface area contributed by atoms with Gasteiger partial charge < -0.3 is 4.74 Å². The van der Waals surface area contributed by atoms with Crippen LogP contribution in [0.25, 0.3) is 0 Å². The quantitative estimate of drug-likeness (QED) is 0.420. The van der Waals surface area contributed by atoms with Crippen molar-refractivity contribution in [1.29, 1.82) is 0 Å². The average molecular weight is 199 g/mol. The number of hydrogen-bond acceptors (Lipinski definition) is 4. The fraction of sp³-hybridized carbons (Fsp3) is 0.143. The van der Waals surface area contributed by atoms with Crippen molar-refractivity contribution in [2.75, 3.05) is 7.11 Å². The van der Waals surface area contributed by atoms with Crippen LogP contribution in [-0.4, -0.2) is 12.0 Å². The Kier molecular flexibility index (Phi) is 2.93. The summed E-state index contributed by atoms with van der Waals surface area (Å²) in [4.78, 5) is 9.87. The van der Waals surface area contributed by atoms with E-state index < -0.39 is 4.92 Å². The van der Waals surface area contributed by atoms with Crippen molar-refractivity contribution in [2.45, 2.75) is 0 Å². The lowest BCUT2D eigenvalue weighted by atomic mass is 10.3. The van der Waals surface area contributed by atoms with Crippen LogP contribution in [0.1, 0.15) is 0 Å². The van der Waals surface area contributed by atoms with Crippen molar-refractivity contribution in [3.05, 3.63) is 28.3 Å². The minimum absolute atomic E-state index is 0.117. The average Bonchev–Trinajstić information content (AvgIpc) is 2.16. The zero-order valence-electron chi connectivity index (χ0n) is 6.76. The van der Waals surface area contributed by atoms with E-state index in [2.05, 4.69) is 0 Å². The van der Waals surface area contributed by atoms with Crippen molar-refractivity contribution in [2.24, 2.45) is 0 Å². The van der Waals surface area contributed by atoms with Gasteiger partial charge in [0, 0.05) is 17.4 Å². The summed E-state index contributed by atoms with van der Waals surface area (Å²) >= 11 is 0. The highest BCUT2D eigenvalue weighted by Gasteiger charge is 2.14. The molecule has 0 aliphatic carbocycles. The van der Waals surface area contributed by atoms with Crippen LogP contribution in [0.5, 0.6) is 5.75 Å². The molecule has 0 N–H and O–H groups in total. The van der Waals surface area contributed by atoms with Gasteiger partial charge in [0.15, 0.2) is 14.2 Å². The fourth-order valence-electron chi connectivity index (χ4n) is 0.874. The number of rotatable bonds is 3. The topological polar surface area (TPSA) is 69.4 Å². The number of benzene rings is 1. The second-order valence-electron chi connectivity index (χ2n) is 2.20. The largest absolute Gasteiger partial charge is 0.490 e. The summed E-state index contributed by atoms with van der Waals surface area (Å²) in [6, 6.07) is 4.04. The molecular weight excluding hydrogens is 193 g/mol. The fourth-order valence-corrected chi connectivity index (χ4v) is 1.18. The molecule has 0 saturated carbocycles. The lowest BCUT2D eigenvalue weighted by Crippen LogP contribution is -1.98. The Morgan fingerprint density at radius 2 is 2.23 bits per heavy atom. The van der Waals surface area contributed by atoms with Crippen molar-refractivity contribution >= 4 is 19.5 Å². The summed E-state index contributed by atoms with van der Waals surface area (Å²) in [7, 11) is 1.14. The third kappa shape index (κ3) is 2.00. The van der Waals surface area contributed by atoms with Gasteiger partial charge in [-0.25, -0.2) is 0 Å². The molecule has 0 amide bonds. The van der Waals surface area contributed by atoms with E-state index in [4.69, 9.17) is 4.74 Å². The van der Waals surface area contributed by atoms with Crippen LogP contribution in [0.3, 0.4) is 0 Å². The first-order chi connectivity index (χ1) is 6.19. The molecule has 0 saturated heterocycles. The van der Waals surface area contributed by atoms with Gasteiger partial charge in [0.1, 0.15) is 0 Å². The number of hydrogen-bond donors (Lipinski definition) is 0. The molecule has 0 bridgehead atoms. The van der Waals surface area contributed by atoms with E-state index in [1.165, 1.54) is 25.3 Å². The van der Waals surface area contributed by atoms with Crippen LogP contribution < -0.4 is 10.0 Å². The molecule has 68 valence electrons. The Bertz CT molecular complexity index is 352. The molecular formula is C7H6NO4P. The predicted octanol–water partition coefficient (Wildman–Crippen LogP) is 1.52. The lowest BCUT2D eigenvalue weighted by Gasteiger charge is -2.00. The molecule has 1 aromatic carbocycles. The van der Waals surface area contributed by atoms with Crippen molar-refractivity contribution in [3.8, 4) is 5.75 Å². The zero-order chi connectivity index (χ0) is 9.84. The minimum atomic E-state index is -0.551. The highest BCUT2D eigenvalue weighted by molar-refractivity contribution is 7.34.